The Bertz CT molecular complexity index is 518. The minimum absolute atomic E-state index is 0.739. The highest BCUT2D eigenvalue weighted by atomic mass is 32.2. The van der Waals surface area contributed by atoms with Crippen LogP contribution in [0.1, 0.15) is 43.8 Å². The van der Waals surface area contributed by atoms with Gasteiger partial charge in [0.2, 0.25) is 5.89 Å². The van der Waals surface area contributed by atoms with Crippen molar-refractivity contribution >= 4 is 11.8 Å². The molecule has 3 aliphatic heterocycles. The Morgan fingerprint density at radius 2 is 2.09 bits per heavy atom. The molecule has 5 rings (SSSR count). The van der Waals surface area contributed by atoms with E-state index in [9.17, 15) is 0 Å². The van der Waals surface area contributed by atoms with Gasteiger partial charge in [0.25, 0.3) is 0 Å². The molecule has 1 aromatic rings. The van der Waals surface area contributed by atoms with Gasteiger partial charge in [0.15, 0.2) is 5.82 Å². The van der Waals surface area contributed by atoms with Crippen molar-refractivity contribution in [2.45, 2.75) is 50.4 Å². The second-order valence-corrected chi connectivity index (χ2v) is 8.45. The van der Waals surface area contributed by atoms with E-state index in [0.717, 1.165) is 41.9 Å². The Morgan fingerprint density at radius 1 is 1.17 bits per heavy atom. The maximum Gasteiger partial charge on any atom is 0.240 e. The molecule has 1 saturated carbocycles. The summed E-state index contributed by atoms with van der Waals surface area (Å²) >= 11 is 1.74. The van der Waals surface area contributed by atoms with Gasteiger partial charge in [0.05, 0.1) is 12.3 Å². The minimum atomic E-state index is 0.739. The molecule has 23 heavy (non-hydrogen) atoms. The number of nitrogens with zero attached hydrogens (tertiary/aromatic N) is 4. The van der Waals surface area contributed by atoms with Crippen molar-refractivity contribution < 1.29 is 4.52 Å². The summed E-state index contributed by atoms with van der Waals surface area (Å²) in [5.74, 6) is 4.26. The van der Waals surface area contributed by atoms with Crippen LogP contribution in [0.5, 0.6) is 0 Å². The minimum Gasteiger partial charge on any atom is -0.338 e. The normalized spacial score (nSPS) is 29.6. The summed E-state index contributed by atoms with van der Waals surface area (Å²) in [4.78, 5) is 9.88. The summed E-state index contributed by atoms with van der Waals surface area (Å²) in [6.07, 6.45) is 9.20. The van der Waals surface area contributed by atoms with E-state index in [4.69, 9.17) is 4.52 Å². The topological polar surface area (TPSA) is 45.4 Å². The first-order valence-electron chi connectivity index (χ1n) is 9.07. The molecule has 4 fully saturated rings. The molecule has 4 heterocycles. The number of thioether (sulfide) groups is 1. The van der Waals surface area contributed by atoms with Crippen molar-refractivity contribution in [1.29, 1.82) is 0 Å². The van der Waals surface area contributed by atoms with Crippen molar-refractivity contribution in [2.24, 2.45) is 11.8 Å². The van der Waals surface area contributed by atoms with Crippen LogP contribution in [0.15, 0.2) is 4.52 Å². The molecule has 1 aromatic heterocycles. The summed E-state index contributed by atoms with van der Waals surface area (Å²) in [7, 11) is 0. The first-order valence-corrected chi connectivity index (χ1v) is 10.5. The first kappa shape index (κ1) is 15.9. The average Bonchev–Trinajstić information content (AvgIpc) is 2.75. The van der Waals surface area contributed by atoms with Gasteiger partial charge in [-0.15, -0.1) is 0 Å². The monoisotopic (exact) mass is 336 g/mol. The Labute approximate surface area is 143 Å². The number of rotatable bonds is 6. The molecule has 0 unspecified atom stereocenters. The molecular weight excluding hydrogens is 308 g/mol. The Morgan fingerprint density at radius 3 is 2.87 bits per heavy atom. The van der Waals surface area contributed by atoms with Gasteiger partial charge in [-0.2, -0.15) is 16.7 Å². The molecular formula is C17H28N4OS. The number of piperidine rings is 1. The fraction of sp³-hybridized carbons (Fsp3) is 0.882. The lowest BCUT2D eigenvalue weighted by Crippen LogP contribution is -2.46. The molecule has 3 saturated heterocycles. The van der Waals surface area contributed by atoms with Crippen LogP contribution in [0, 0.1) is 11.8 Å². The zero-order valence-electron chi connectivity index (χ0n) is 14.1. The summed E-state index contributed by atoms with van der Waals surface area (Å²) < 4.78 is 5.44. The third-order valence-electron chi connectivity index (χ3n) is 5.76. The largest absolute Gasteiger partial charge is 0.338 e. The Balaban J connectivity index is 1.36. The molecule has 0 aromatic carbocycles. The van der Waals surface area contributed by atoms with Gasteiger partial charge in [-0.3, -0.25) is 9.80 Å². The third-order valence-corrected chi connectivity index (χ3v) is 6.31. The van der Waals surface area contributed by atoms with Gasteiger partial charge < -0.3 is 4.52 Å². The smallest absolute Gasteiger partial charge is 0.240 e. The molecule has 0 spiro atoms. The zero-order chi connectivity index (χ0) is 15.6. The summed E-state index contributed by atoms with van der Waals surface area (Å²) in [5, 5.41) is 4.08. The number of aromatic nitrogens is 2. The van der Waals surface area contributed by atoms with Crippen LogP contribution in [0.2, 0.25) is 0 Å². The van der Waals surface area contributed by atoms with Crippen LogP contribution in [0.4, 0.5) is 0 Å². The molecule has 0 N–H and O–H groups in total. The van der Waals surface area contributed by atoms with Crippen LogP contribution in [0.3, 0.4) is 0 Å². The van der Waals surface area contributed by atoms with Crippen LogP contribution in [0.25, 0.3) is 0 Å². The van der Waals surface area contributed by atoms with Crippen LogP contribution >= 0.6 is 11.8 Å². The highest BCUT2D eigenvalue weighted by Gasteiger charge is 2.36. The number of hydrogen-bond acceptors (Lipinski definition) is 6. The van der Waals surface area contributed by atoms with E-state index >= 15 is 0 Å². The lowest BCUT2D eigenvalue weighted by Gasteiger charge is -2.40. The highest BCUT2D eigenvalue weighted by molar-refractivity contribution is 7.97. The molecule has 0 amide bonds. The quantitative estimate of drug-likeness (QED) is 0.796. The number of hydrogen-bond donors (Lipinski definition) is 0. The van der Waals surface area contributed by atoms with E-state index in [1.807, 2.05) is 0 Å². The standard InChI is InChI=1S/C17H28N4OS/c1-23-12-16-18-17(22-19-16)11-20-7-14-5-6-15(10-20)21(9-14)8-13-3-2-4-13/h13-15H,2-12H2,1H3/t14-,15+/m0/s1. The van der Waals surface area contributed by atoms with Gasteiger partial charge in [0, 0.05) is 32.2 Å². The van der Waals surface area contributed by atoms with Crippen LogP contribution in [-0.2, 0) is 12.3 Å². The van der Waals surface area contributed by atoms with Gasteiger partial charge in [0.1, 0.15) is 0 Å². The molecule has 2 bridgehead atoms. The Hall–Kier alpha value is -0.590. The second kappa shape index (κ2) is 7.11. The van der Waals surface area contributed by atoms with Crippen molar-refractivity contribution in [2.75, 3.05) is 32.4 Å². The van der Waals surface area contributed by atoms with Gasteiger partial charge in [-0.1, -0.05) is 11.6 Å². The summed E-state index contributed by atoms with van der Waals surface area (Å²) in [6, 6.07) is 0.739. The third kappa shape index (κ3) is 3.74. The van der Waals surface area contributed by atoms with Crippen LogP contribution < -0.4 is 0 Å². The highest BCUT2D eigenvalue weighted by Crippen LogP contribution is 2.33. The van der Waals surface area contributed by atoms with E-state index in [1.165, 1.54) is 58.3 Å². The van der Waals surface area contributed by atoms with Crippen molar-refractivity contribution in [1.82, 2.24) is 19.9 Å². The SMILES string of the molecule is CSCc1noc(CN2C[C@@H]3CC[C@H](C2)N(CC2CCC2)C3)n1. The van der Waals surface area contributed by atoms with E-state index in [2.05, 4.69) is 26.2 Å². The predicted molar refractivity (Wildman–Crippen MR) is 92.2 cm³/mol. The Kier molecular flexibility index (Phi) is 4.92. The molecule has 1 aliphatic carbocycles. The summed E-state index contributed by atoms with van der Waals surface area (Å²) in [5.41, 5.74) is 0. The summed E-state index contributed by atoms with van der Waals surface area (Å²) in [6.45, 7) is 5.83. The van der Waals surface area contributed by atoms with Gasteiger partial charge in [-0.05, 0) is 43.8 Å². The fourth-order valence-corrected chi connectivity index (χ4v) is 4.74. The number of fused-ring (bicyclic) bond motifs is 4. The van der Waals surface area contributed by atoms with E-state index in [-0.39, 0.29) is 0 Å². The van der Waals surface area contributed by atoms with E-state index in [0.29, 0.717) is 0 Å². The molecule has 5 nitrogen and oxygen atoms in total. The molecule has 128 valence electrons. The maximum absolute atomic E-state index is 5.44. The van der Waals surface area contributed by atoms with Crippen molar-refractivity contribution in [3.63, 3.8) is 0 Å². The van der Waals surface area contributed by atoms with Crippen LogP contribution in [-0.4, -0.2) is 58.4 Å². The maximum atomic E-state index is 5.44. The fourth-order valence-electron chi connectivity index (χ4n) is 4.37. The molecule has 0 radical (unpaired) electrons. The lowest BCUT2D eigenvalue weighted by atomic mass is 9.83. The van der Waals surface area contributed by atoms with E-state index in [1.54, 1.807) is 11.8 Å². The van der Waals surface area contributed by atoms with Crippen molar-refractivity contribution in [3.05, 3.63) is 11.7 Å². The molecule has 2 atom stereocenters. The zero-order valence-corrected chi connectivity index (χ0v) is 14.9. The predicted octanol–water partition coefficient (Wildman–Crippen LogP) is 2.63. The second-order valence-electron chi connectivity index (χ2n) is 7.58. The van der Waals surface area contributed by atoms with Crippen molar-refractivity contribution in [3.8, 4) is 0 Å². The average molecular weight is 337 g/mol. The first-order chi connectivity index (χ1) is 11.3. The molecule has 4 aliphatic rings. The molecule has 6 heteroatoms. The van der Waals surface area contributed by atoms with Gasteiger partial charge >= 0.3 is 0 Å². The lowest BCUT2D eigenvalue weighted by molar-refractivity contribution is 0.0887. The van der Waals surface area contributed by atoms with E-state index < -0.39 is 0 Å². The van der Waals surface area contributed by atoms with Gasteiger partial charge in [-0.25, -0.2) is 0 Å².